The van der Waals surface area contributed by atoms with Crippen molar-refractivity contribution < 1.29 is 9.47 Å². The zero-order valence-electron chi connectivity index (χ0n) is 11.7. The quantitative estimate of drug-likeness (QED) is 0.770. The number of para-hydroxylation sites is 1. The maximum absolute atomic E-state index is 6.18. The molecule has 2 aliphatic heterocycles. The van der Waals surface area contributed by atoms with E-state index in [0.717, 1.165) is 5.75 Å². The van der Waals surface area contributed by atoms with E-state index in [4.69, 9.17) is 9.47 Å². The van der Waals surface area contributed by atoms with Gasteiger partial charge >= 0.3 is 0 Å². The van der Waals surface area contributed by atoms with Crippen molar-refractivity contribution in [2.45, 2.75) is 32.2 Å². The van der Waals surface area contributed by atoms with Gasteiger partial charge in [-0.1, -0.05) is 55.0 Å². The summed E-state index contributed by atoms with van der Waals surface area (Å²) in [6.45, 7) is 4.37. The van der Waals surface area contributed by atoms with Crippen molar-refractivity contribution in [1.29, 1.82) is 0 Å². The van der Waals surface area contributed by atoms with Gasteiger partial charge in [0.05, 0.1) is 12.0 Å². The van der Waals surface area contributed by atoms with Crippen molar-refractivity contribution in [3.8, 4) is 5.75 Å². The highest BCUT2D eigenvalue weighted by Gasteiger charge is 2.49. The van der Waals surface area contributed by atoms with E-state index in [9.17, 15) is 0 Å². The highest BCUT2D eigenvalue weighted by atomic mass is 16.7. The van der Waals surface area contributed by atoms with Gasteiger partial charge in [0.1, 0.15) is 5.75 Å². The summed E-state index contributed by atoms with van der Waals surface area (Å²) < 4.78 is 12.1. The second kappa shape index (κ2) is 4.35. The van der Waals surface area contributed by atoms with Gasteiger partial charge in [0.2, 0.25) is 6.29 Å². The molecule has 0 aromatic heterocycles. The molecule has 2 heterocycles. The van der Waals surface area contributed by atoms with Crippen LogP contribution < -0.4 is 4.74 Å². The molecule has 1 saturated heterocycles. The minimum absolute atomic E-state index is 0.124. The van der Waals surface area contributed by atoms with Crippen LogP contribution in [0, 0.1) is 12.8 Å². The average molecular weight is 266 g/mol. The Morgan fingerprint density at radius 1 is 0.950 bits per heavy atom. The third kappa shape index (κ3) is 1.68. The fourth-order valence-corrected chi connectivity index (χ4v) is 3.45. The first kappa shape index (κ1) is 12.0. The second-order valence-electron chi connectivity index (χ2n) is 5.88. The predicted octanol–water partition coefficient (Wildman–Crippen LogP) is 4.20. The molecule has 2 nitrogen and oxygen atoms in total. The van der Waals surface area contributed by atoms with E-state index >= 15 is 0 Å². The van der Waals surface area contributed by atoms with Gasteiger partial charge in [-0.25, -0.2) is 0 Å². The smallest absolute Gasteiger partial charge is 0.207 e. The Bertz CT molecular complexity index is 632. The van der Waals surface area contributed by atoms with Crippen molar-refractivity contribution >= 4 is 0 Å². The molecule has 0 unspecified atom stereocenters. The maximum Gasteiger partial charge on any atom is 0.207 e. The highest BCUT2D eigenvalue weighted by molar-refractivity contribution is 5.42. The van der Waals surface area contributed by atoms with Gasteiger partial charge in [0.25, 0.3) is 0 Å². The Kier molecular flexibility index (Phi) is 2.61. The van der Waals surface area contributed by atoms with E-state index in [2.05, 4.69) is 50.2 Å². The van der Waals surface area contributed by atoms with E-state index in [1.165, 1.54) is 16.7 Å². The van der Waals surface area contributed by atoms with E-state index in [0.29, 0.717) is 11.8 Å². The van der Waals surface area contributed by atoms with Gasteiger partial charge in [-0.2, -0.15) is 0 Å². The number of rotatable bonds is 1. The lowest BCUT2D eigenvalue weighted by molar-refractivity contribution is -0.0718. The first-order valence-corrected chi connectivity index (χ1v) is 7.21. The number of ether oxygens (including phenoxy) is 2. The molecule has 2 heteroatoms. The van der Waals surface area contributed by atoms with Crippen molar-refractivity contribution in [3.05, 3.63) is 65.2 Å². The highest BCUT2D eigenvalue weighted by Crippen LogP contribution is 2.53. The van der Waals surface area contributed by atoms with Gasteiger partial charge in [-0.15, -0.1) is 0 Å². The van der Waals surface area contributed by atoms with Gasteiger partial charge in [0.15, 0.2) is 0 Å². The maximum atomic E-state index is 6.18. The summed E-state index contributed by atoms with van der Waals surface area (Å²) in [5, 5.41) is 0. The fraction of sp³-hybridized carbons (Fsp3) is 0.333. The Morgan fingerprint density at radius 3 is 2.50 bits per heavy atom. The predicted molar refractivity (Wildman–Crippen MR) is 77.8 cm³/mol. The molecule has 0 spiro atoms. The van der Waals surface area contributed by atoms with E-state index < -0.39 is 0 Å². The number of benzene rings is 2. The molecule has 2 aromatic rings. The summed E-state index contributed by atoms with van der Waals surface area (Å²) in [6, 6.07) is 16.9. The SMILES string of the molecule is Cc1ccc([C@@H]2O[C@@H]3Oc4ccccc4[C@@H]3[C@H]2C)cc1. The lowest BCUT2D eigenvalue weighted by Crippen LogP contribution is -2.15. The summed E-state index contributed by atoms with van der Waals surface area (Å²) in [5.74, 6) is 1.75. The first-order valence-electron chi connectivity index (χ1n) is 7.21. The third-order valence-corrected chi connectivity index (χ3v) is 4.55. The summed E-state index contributed by atoms with van der Waals surface area (Å²) in [6.07, 6.45) is -0.00680. The zero-order valence-corrected chi connectivity index (χ0v) is 11.7. The van der Waals surface area contributed by atoms with Crippen LogP contribution in [0.2, 0.25) is 0 Å². The standard InChI is InChI=1S/C18H18O2/c1-11-7-9-13(10-8-11)17-12(2)16-14-5-3-4-6-15(14)19-18(16)20-17/h3-10,12,16-18H,1-2H3/t12-,16+,17-,18+/m1/s1. The van der Waals surface area contributed by atoms with Crippen molar-refractivity contribution in [2.24, 2.45) is 5.92 Å². The number of fused-ring (bicyclic) bond motifs is 3. The van der Waals surface area contributed by atoms with Crippen LogP contribution in [0.4, 0.5) is 0 Å². The van der Waals surface area contributed by atoms with Crippen LogP contribution in [0.3, 0.4) is 0 Å². The van der Waals surface area contributed by atoms with Gasteiger partial charge < -0.3 is 9.47 Å². The molecule has 102 valence electrons. The number of hydrogen-bond acceptors (Lipinski definition) is 2. The minimum atomic E-state index is -0.131. The average Bonchev–Trinajstić information content (AvgIpc) is 2.97. The molecule has 4 rings (SSSR count). The zero-order chi connectivity index (χ0) is 13.7. The monoisotopic (exact) mass is 266 g/mol. The lowest BCUT2D eigenvalue weighted by atomic mass is 9.84. The molecule has 4 atom stereocenters. The van der Waals surface area contributed by atoms with Gasteiger partial charge in [0, 0.05) is 5.56 Å². The lowest BCUT2D eigenvalue weighted by Gasteiger charge is -2.18. The number of hydrogen-bond donors (Lipinski definition) is 0. The molecular weight excluding hydrogens is 248 g/mol. The molecule has 0 saturated carbocycles. The van der Waals surface area contributed by atoms with E-state index in [1.807, 2.05) is 12.1 Å². The summed E-state index contributed by atoms with van der Waals surface area (Å²) >= 11 is 0. The molecule has 0 amide bonds. The minimum Gasteiger partial charge on any atom is -0.464 e. The first-order chi connectivity index (χ1) is 9.74. The van der Waals surface area contributed by atoms with Crippen LogP contribution >= 0.6 is 0 Å². The van der Waals surface area contributed by atoms with E-state index in [1.54, 1.807) is 0 Å². The van der Waals surface area contributed by atoms with Crippen molar-refractivity contribution in [1.82, 2.24) is 0 Å². The van der Waals surface area contributed by atoms with Crippen LogP contribution in [-0.4, -0.2) is 6.29 Å². The molecule has 0 radical (unpaired) electrons. The summed E-state index contributed by atoms with van der Waals surface area (Å²) in [7, 11) is 0. The molecule has 20 heavy (non-hydrogen) atoms. The number of aryl methyl sites for hydroxylation is 1. The Hall–Kier alpha value is -1.80. The molecule has 0 N–H and O–H groups in total. The topological polar surface area (TPSA) is 18.5 Å². The van der Waals surface area contributed by atoms with Crippen LogP contribution in [0.25, 0.3) is 0 Å². The van der Waals surface area contributed by atoms with Crippen LogP contribution in [0.1, 0.15) is 35.6 Å². The molecule has 0 aliphatic carbocycles. The molecule has 2 aromatic carbocycles. The van der Waals surface area contributed by atoms with Gasteiger partial charge in [-0.05, 0) is 24.5 Å². The molecule has 2 aliphatic rings. The molecular formula is C18H18O2. The summed E-state index contributed by atoms with van der Waals surface area (Å²) in [5.41, 5.74) is 3.82. The van der Waals surface area contributed by atoms with Crippen LogP contribution in [0.15, 0.2) is 48.5 Å². The second-order valence-corrected chi connectivity index (χ2v) is 5.88. The Balaban J connectivity index is 1.67. The largest absolute Gasteiger partial charge is 0.464 e. The van der Waals surface area contributed by atoms with Crippen molar-refractivity contribution in [3.63, 3.8) is 0 Å². The Labute approximate surface area is 119 Å². The van der Waals surface area contributed by atoms with Crippen molar-refractivity contribution in [2.75, 3.05) is 0 Å². The molecule has 1 fully saturated rings. The molecule has 0 bridgehead atoms. The summed E-state index contributed by atoms with van der Waals surface area (Å²) in [4.78, 5) is 0. The fourth-order valence-electron chi connectivity index (χ4n) is 3.45. The van der Waals surface area contributed by atoms with Crippen LogP contribution in [-0.2, 0) is 4.74 Å². The normalized spacial score (nSPS) is 30.7. The Morgan fingerprint density at radius 2 is 1.70 bits per heavy atom. The van der Waals surface area contributed by atoms with Crippen LogP contribution in [0.5, 0.6) is 5.75 Å². The van der Waals surface area contributed by atoms with E-state index in [-0.39, 0.29) is 12.4 Å². The third-order valence-electron chi connectivity index (χ3n) is 4.55. The van der Waals surface area contributed by atoms with Gasteiger partial charge in [-0.3, -0.25) is 0 Å².